The van der Waals surface area contributed by atoms with Gasteiger partial charge in [-0.2, -0.15) is 0 Å². The summed E-state index contributed by atoms with van der Waals surface area (Å²) in [5.41, 5.74) is 0. The van der Waals surface area contributed by atoms with Gasteiger partial charge in [0, 0.05) is 20.1 Å². The number of nitrogens with one attached hydrogen (secondary N) is 1. The highest BCUT2D eigenvalue weighted by molar-refractivity contribution is 4.67. The van der Waals surface area contributed by atoms with Crippen molar-refractivity contribution in [3.8, 4) is 0 Å². The van der Waals surface area contributed by atoms with Crippen LogP contribution in [0.1, 0.15) is 12.8 Å². The largest absolute Gasteiger partial charge is 0.311 e. The first-order chi connectivity index (χ1) is 6.33. The predicted octanol–water partition coefficient (Wildman–Crippen LogP) is 0.272. The van der Waals surface area contributed by atoms with Crippen LogP contribution in [-0.2, 0) is 0 Å². The zero-order chi connectivity index (χ0) is 9.52. The smallest absolute Gasteiger partial charge is 0.0407 e. The minimum absolute atomic E-state index is 0.923. The Bertz CT molecular complexity index is 127. The highest BCUT2D eigenvalue weighted by atomic mass is 15.2. The molecule has 0 saturated carbocycles. The van der Waals surface area contributed by atoms with Gasteiger partial charge in [-0.3, -0.25) is 0 Å². The summed E-state index contributed by atoms with van der Waals surface area (Å²) in [4.78, 5) is 4.93. The Morgan fingerprint density at radius 2 is 2.08 bits per heavy atom. The normalized spacial score (nSPS) is 21.7. The third kappa shape index (κ3) is 4.60. The molecule has 0 amide bonds. The molecule has 3 nitrogen and oxygen atoms in total. The van der Waals surface area contributed by atoms with Crippen LogP contribution in [0.5, 0.6) is 0 Å². The van der Waals surface area contributed by atoms with Crippen LogP contribution < -0.4 is 5.32 Å². The van der Waals surface area contributed by atoms with E-state index in [1.165, 1.54) is 39.1 Å². The average molecular weight is 183 g/mol. The zero-order valence-corrected chi connectivity index (χ0v) is 8.63. The van der Waals surface area contributed by atoms with Crippen molar-refractivity contribution in [2.75, 3.05) is 46.3 Å². The van der Waals surface area contributed by atoms with Crippen LogP contribution in [0.3, 0.4) is 0 Å². The van der Waals surface area contributed by atoms with E-state index < -0.39 is 0 Å². The molecule has 3 heteroatoms. The van der Waals surface area contributed by atoms with Gasteiger partial charge in [-0.25, -0.2) is 0 Å². The molecule has 1 heterocycles. The second-order valence-electron chi connectivity index (χ2n) is 3.81. The van der Waals surface area contributed by atoms with E-state index >= 15 is 0 Å². The molecule has 1 N–H and O–H groups in total. The van der Waals surface area contributed by atoms with Crippen LogP contribution in [-0.4, -0.2) is 56.1 Å². The third-order valence-electron chi connectivity index (χ3n) is 2.61. The van der Waals surface area contributed by atoms with E-state index in [1.807, 2.05) is 0 Å². The fourth-order valence-corrected chi connectivity index (χ4v) is 1.73. The molecule has 0 atom stereocenters. The topological polar surface area (TPSA) is 18.5 Å². The molecule has 1 aliphatic rings. The Morgan fingerprint density at radius 1 is 1.23 bits per heavy atom. The zero-order valence-electron chi connectivity index (χ0n) is 8.63. The summed E-state index contributed by atoms with van der Waals surface area (Å²) >= 11 is 0. The lowest BCUT2D eigenvalue weighted by molar-refractivity contribution is 0.273. The molecule has 0 aromatic heterocycles. The first kappa shape index (κ1) is 11.0. The lowest BCUT2D eigenvalue weighted by Gasteiger charge is -2.19. The Hall–Kier alpha value is -0.120. The highest BCUT2D eigenvalue weighted by Gasteiger charge is 2.10. The standard InChI is InChI=1S/C10H21N3/c1-11-5-3-7-13-8-4-6-12(2)9-10-13/h1,11H,3-10H2,2H3. The van der Waals surface area contributed by atoms with Gasteiger partial charge in [0.25, 0.3) is 0 Å². The van der Waals surface area contributed by atoms with E-state index in [9.17, 15) is 0 Å². The van der Waals surface area contributed by atoms with Crippen molar-refractivity contribution < 1.29 is 0 Å². The molecule has 0 aromatic rings. The Balaban J connectivity index is 2.11. The van der Waals surface area contributed by atoms with Crippen LogP contribution in [0.4, 0.5) is 0 Å². The summed E-state index contributed by atoms with van der Waals surface area (Å²) in [5.74, 6) is 0. The van der Waals surface area contributed by atoms with Gasteiger partial charge in [0.05, 0.1) is 0 Å². The molecule has 1 saturated heterocycles. The van der Waals surface area contributed by atoms with Gasteiger partial charge >= 0.3 is 0 Å². The molecule has 2 radical (unpaired) electrons. The molecular formula is C10H21N3. The monoisotopic (exact) mass is 183 g/mol. The molecule has 1 rings (SSSR count). The lowest BCUT2D eigenvalue weighted by atomic mass is 10.3. The third-order valence-corrected chi connectivity index (χ3v) is 2.61. The molecule has 0 spiro atoms. The molecule has 0 aromatic carbocycles. The van der Waals surface area contributed by atoms with E-state index in [0.29, 0.717) is 0 Å². The van der Waals surface area contributed by atoms with E-state index in [1.54, 1.807) is 0 Å². The molecule has 1 fully saturated rings. The van der Waals surface area contributed by atoms with Gasteiger partial charge in [0.1, 0.15) is 0 Å². The van der Waals surface area contributed by atoms with Crippen molar-refractivity contribution in [1.82, 2.24) is 15.1 Å². The van der Waals surface area contributed by atoms with Gasteiger partial charge in [0.15, 0.2) is 0 Å². The van der Waals surface area contributed by atoms with Crippen molar-refractivity contribution >= 4 is 0 Å². The molecular weight excluding hydrogens is 162 g/mol. The van der Waals surface area contributed by atoms with Crippen molar-refractivity contribution in [3.05, 3.63) is 7.05 Å². The summed E-state index contributed by atoms with van der Waals surface area (Å²) in [6.45, 7) is 7.00. The second kappa shape index (κ2) is 6.35. The second-order valence-corrected chi connectivity index (χ2v) is 3.81. The van der Waals surface area contributed by atoms with E-state index in [4.69, 9.17) is 7.05 Å². The highest BCUT2D eigenvalue weighted by Crippen LogP contribution is 2.01. The maximum absolute atomic E-state index is 5.22. The molecule has 1 aliphatic heterocycles. The number of nitrogens with zero attached hydrogens (tertiary/aromatic N) is 2. The number of likely N-dealkylation sites (N-methyl/N-ethyl adjacent to an activating group) is 1. The van der Waals surface area contributed by atoms with Gasteiger partial charge in [-0.15, -0.1) is 0 Å². The van der Waals surface area contributed by atoms with Crippen LogP contribution in [0, 0.1) is 7.05 Å². The van der Waals surface area contributed by atoms with Crippen molar-refractivity contribution in [3.63, 3.8) is 0 Å². The summed E-state index contributed by atoms with van der Waals surface area (Å²) in [6, 6.07) is 0. The average Bonchev–Trinajstić information content (AvgIpc) is 2.32. The van der Waals surface area contributed by atoms with Crippen molar-refractivity contribution in [2.45, 2.75) is 12.8 Å². The SMILES string of the molecule is [CH]NCCCN1CCCN(C)CC1. The Morgan fingerprint density at radius 3 is 2.85 bits per heavy atom. The molecule has 0 aliphatic carbocycles. The van der Waals surface area contributed by atoms with Crippen molar-refractivity contribution in [1.29, 1.82) is 0 Å². The fourth-order valence-electron chi connectivity index (χ4n) is 1.73. The van der Waals surface area contributed by atoms with E-state index in [2.05, 4.69) is 22.2 Å². The molecule has 0 bridgehead atoms. The minimum atomic E-state index is 0.923. The first-order valence-corrected chi connectivity index (χ1v) is 5.17. The maximum atomic E-state index is 5.22. The van der Waals surface area contributed by atoms with E-state index in [-0.39, 0.29) is 0 Å². The van der Waals surface area contributed by atoms with Crippen LogP contribution >= 0.6 is 0 Å². The molecule has 76 valence electrons. The number of hydrogen-bond acceptors (Lipinski definition) is 3. The summed E-state index contributed by atoms with van der Waals surface area (Å²) in [5, 5.41) is 2.69. The Labute approximate surface area is 82.1 Å². The molecule has 0 unspecified atom stereocenters. The van der Waals surface area contributed by atoms with Crippen LogP contribution in [0.15, 0.2) is 0 Å². The predicted molar refractivity (Wildman–Crippen MR) is 55.5 cm³/mol. The summed E-state index contributed by atoms with van der Waals surface area (Å²) < 4.78 is 0. The van der Waals surface area contributed by atoms with Crippen molar-refractivity contribution in [2.24, 2.45) is 0 Å². The molecule has 13 heavy (non-hydrogen) atoms. The maximum Gasteiger partial charge on any atom is 0.0407 e. The minimum Gasteiger partial charge on any atom is -0.311 e. The van der Waals surface area contributed by atoms with Crippen LogP contribution in [0.25, 0.3) is 0 Å². The first-order valence-electron chi connectivity index (χ1n) is 5.17. The van der Waals surface area contributed by atoms with Gasteiger partial charge in [-0.05, 0) is 46.1 Å². The fraction of sp³-hybridized carbons (Fsp3) is 0.900. The summed E-state index contributed by atoms with van der Waals surface area (Å²) in [6.07, 6.45) is 2.45. The number of rotatable bonds is 4. The van der Waals surface area contributed by atoms with Gasteiger partial charge in [-0.1, -0.05) is 0 Å². The van der Waals surface area contributed by atoms with Gasteiger partial charge < -0.3 is 15.1 Å². The van der Waals surface area contributed by atoms with E-state index in [0.717, 1.165) is 13.0 Å². The Kier molecular flexibility index (Phi) is 5.35. The number of hydrogen-bond donors (Lipinski definition) is 1. The lowest BCUT2D eigenvalue weighted by Crippen LogP contribution is -2.30. The quantitative estimate of drug-likeness (QED) is 0.498. The summed E-state index contributed by atoms with van der Waals surface area (Å²) in [7, 11) is 7.42. The van der Waals surface area contributed by atoms with Crippen LogP contribution in [0.2, 0.25) is 0 Å². The van der Waals surface area contributed by atoms with Gasteiger partial charge in [0.2, 0.25) is 0 Å².